The van der Waals surface area contributed by atoms with Gasteiger partial charge in [0.25, 0.3) is 0 Å². The number of hydrogen-bond acceptors (Lipinski definition) is 6. The second-order valence-electron chi connectivity index (χ2n) is 17.3. The molecule has 0 radical (unpaired) electrons. The molecule has 0 spiro atoms. The third-order valence-corrected chi connectivity index (χ3v) is 13.4. The molecule has 0 heterocycles. The lowest BCUT2D eigenvalue weighted by Gasteiger charge is -2.46. The molecule has 0 aromatic heterocycles. The topological polar surface area (TPSA) is 96.3 Å². The number of nitrogens with zero attached hydrogens (tertiary/aromatic N) is 1. The molecule has 2 aromatic carbocycles. The average molecular weight is 768 g/mol. The Morgan fingerprint density at radius 2 is 1.89 bits per heavy atom. The number of fused-ring (bicyclic) bond motifs is 8. The number of benzene rings is 2. The van der Waals surface area contributed by atoms with Gasteiger partial charge in [-0.05, 0) is 124 Å². The highest BCUT2D eigenvalue weighted by atomic mass is 35.5. The van der Waals surface area contributed by atoms with Gasteiger partial charge in [-0.3, -0.25) is 4.79 Å². The van der Waals surface area contributed by atoms with E-state index < -0.39 is 29.0 Å². The molecule has 298 valence electrons. The summed E-state index contributed by atoms with van der Waals surface area (Å²) >= 11 is 6.40. The molecule has 6 rings (SSSR count). The van der Waals surface area contributed by atoms with Gasteiger partial charge in [0.2, 0.25) is 0 Å². The minimum atomic E-state index is -1.30. The summed E-state index contributed by atoms with van der Waals surface area (Å²) in [6.45, 7) is 11.8. The number of aliphatic hydroxyl groups excluding tert-OH is 1. The number of rotatable bonds is 11. The first-order valence-electron chi connectivity index (χ1n) is 20.2. The molecule has 0 saturated heterocycles. The van der Waals surface area contributed by atoms with Gasteiger partial charge in [-0.2, -0.15) is 0 Å². The number of halogens is 2. The second kappa shape index (κ2) is 18.4. The first-order valence-corrected chi connectivity index (χ1v) is 20.6. The lowest BCUT2D eigenvalue weighted by Crippen LogP contribution is -2.54. The maximum absolute atomic E-state index is 15.0. The Kier molecular flexibility index (Phi) is 14.5. The molecule has 9 heteroatoms. The number of allylic oxidation sites excluding steroid dienone is 2. The SMILES string of the molecule is COCCCN(C[C@]1(O)CC[C@H]2c3ccc(cc3C(=O)Cc3c(F)cccc3Cl)C[C@@H](O)CCC(C)=CCC[C@@]21C)C(=O)O[C@H]1C[C@@H](C)CC[C@@H]1C(C)C. The van der Waals surface area contributed by atoms with E-state index in [2.05, 4.69) is 40.7 Å². The summed E-state index contributed by atoms with van der Waals surface area (Å²) in [5.41, 5.74) is 1.37. The standard InChI is InChI=1S/C45H63ClFNO6/c1-29(2)34-17-14-31(4)24-42(34)54-43(51)48(22-9-23-53-6)28-45(52)21-19-38-35-18-15-32(25-33(49)16-13-30(3)10-8-20-44(38,45)5)26-36(35)41(50)27-37-39(46)11-7-12-40(37)47/h7,10-12,15,18,26,29,31,33-34,38,42,49,52H,8-9,13-14,16-17,19-25,27-28H2,1-6H3/t31-,33-,34+,38-,42-,44-,45+/m0/s1. The van der Waals surface area contributed by atoms with Crippen LogP contribution in [0.1, 0.15) is 132 Å². The maximum Gasteiger partial charge on any atom is 0.410 e. The van der Waals surface area contributed by atoms with E-state index in [4.69, 9.17) is 21.1 Å². The number of carbonyl (C=O) groups excluding carboxylic acids is 2. The summed E-state index contributed by atoms with van der Waals surface area (Å²) in [6.07, 6.45) is 8.44. The number of ketones is 1. The number of amides is 1. The zero-order valence-electron chi connectivity index (χ0n) is 33.3. The van der Waals surface area contributed by atoms with Crippen LogP contribution in [-0.4, -0.2) is 71.6 Å². The van der Waals surface area contributed by atoms with Gasteiger partial charge >= 0.3 is 6.09 Å². The van der Waals surface area contributed by atoms with Crippen LogP contribution in [0.25, 0.3) is 0 Å². The second-order valence-corrected chi connectivity index (χ2v) is 17.7. The molecule has 7 atom stereocenters. The monoisotopic (exact) mass is 767 g/mol. The molecule has 1 amide bonds. The summed E-state index contributed by atoms with van der Waals surface area (Å²) in [7, 11) is 1.64. The molecule has 7 nitrogen and oxygen atoms in total. The van der Waals surface area contributed by atoms with E-state index in [1.165, 1.54) is 17.7 Å². The van der Waals surface area contributed by atoms with Crippen LogP contribution in [0.3, 0.4) is 0 Å². The average Bonchev–Trinajstić information content (AvgIpc) is 3.37. The van der Waals surface area contributed by atoms with Crippen molar-refractivity contribution in [2.75, 3.05) is 26.8 Å². The molecule has 2 saturated carbocycles. The zero-order chi connectivity index (χ0) is 39.2. The Morgan fingerprint density at radius 1 is 1.11 bits per heavy atom. The van der Waals surface area contributed by atoms with Crippen molar-refractivity contribution in [3.8, 4) is 0 Å². The van der Waals surface area contributed by atoms with Crippen LogP contribution in [-0.2, 0) is 22.3 Å². The van der Waals surface area contributed by atoms with Gasteiger partial charge in [0, 0.05) is 48.2 Å². The van der Waals surface area contributed by atoms with Gasteiger partial charge < -0.3 is 24.6 Å². The minimum Gasteiger partial charge on any atom is -0.446 e. The number of hydrogen-bond donors (Lipinski definition) is 2. The zero-order valence-corrected chi connectivity index (χ0v) is 34.1. The van der Waals surface area contributed by atoms with Crippen molar-refractivity contribution in [1.82, 2.24) is 4.90 Å². The number of ether oxygens (including phenoxy) is 2. The van der Waals surface area contributed by atoms with E-state index >= 15 is 0 Å². The molecule has 0 unspecified atom stereocenters. The van der Waals surface area contributed by atoms with E-state index in [-0.39, 0.29) is 47.3 Å². The fourth-order valence-electron chi connectivity index (χ4n) is 9.60. The molecule has 4 aliphatic carbocycles. The van der Waals surface area contributed by atoms with Gasteiger partial charge in [-0.1, -0.05) is 75.6 Å². The summed E-state index contributed by atoms with van der Waals surface area (Å²) < 4.78 is 26.7. The van der Waals surface area contributed by atoms with E-state index in [9.17, 15) is 24.2 Å². The molecule has 2 aromatic rings. The summed E-state index contributed by atoms with van der Waals surface area (Å²) in [6, 6.07) is 10.2. The quantitative estimate of drug-likeness (QED) is 0.134. The van der Waals surface area contributed by atoms with Crippen LogP contribution in [0.5, 0.6) is 0 Å². The van der Waals surface area contributed by atoms with Gasteiger partial charge in [-0.25, -0.2) is 9.18 Å². The largest absolute Gasteiger partial charge is 0.446 e. The number of carbonyl (C=O) groups is 2. The van der Waals surface area contributed by atoms with Gasteiger partial charge in [-0.15, -0.1) is 0 Å². The van der Waals surface area contributed by atoms with Gasteiger partial charge in [0.1, 0.15) is 11.9 Å². The first-order chi connectivity index (χ1) is 25.7. The number of methoxy groups -OCH3 is 1. The van der Waals surface area contributed by atoms with Crippen molar-refractivity contribution >= 4 is 23.5 Å². The van der Waals surface area contributed by atoms with Crippen LogP contribution >= 0.6 is 11.6 Å². The highest BCUT2D eigenvalue weighted by Gasteiger charge is 2.58. The highest BCUT2D eigenvalue weighted by Crippen LogP contribution is 2.59. The van der Waals surface area contributed by atoms with Crippen LogP contribution in [0, 0.1) is 29.0 Å². The Hall–Kier alpha value is -2.78. The fraction of sp³-hybridized carbons (Fsp3) is 0.644. The Morgan fingerprint density at radius 3 is 2.61 bits per heavy atom. The van der Waals surface area contributed by atoms with Crippen molar-refractivity contribution in [2.24, 2.45) is 23.2 Å². The minimum absolute atomic E-state index is 0.0955. The molecular weight excluding hydrogens is 705 g/mol. The van der Waals surface area contributed by atoms with E-state index in [0.717, 1.165) is 36.8 Å². The smallest absolute Gasteiger partial charge is 0.410 e. The van der Waals surface area contributed by atoms with Crippen molar-refractivity contribution in [1.29, 1.82) is 0 Å². The van der Waals surface area contributed by atoms with Gasteiger partial charge in [0.05, 0.1) is 18.2 Å². The predicted molar refractivity (Wildman–Crippen MR) is 213 cm³/mol. The molecule has 54 heavy (non-hydrogen) atoms. The summed E-state index contributed by atoms with van der Waals surface area (Å²) in [5.74, 6) is 0.112. The molecule has 2 fully saturated rings. The van der Waals surface area contributed by atoms with Crippen molar-refractivity contribution < 1.29 is 33.7 Å². The maximum atomic E-state index is 15.0. The van der Waals surface area contributed by atoms with Crippen molar-refractivity contribution in [2.45, 2.75) is 135 Å². The fourth-order valence-corrected chi connectivity index (χ4v) is 9.83. The van der Waals surface area contributed by atoms with Crippen LogP contribution in [0.15, 0.2) is 48.0 Å². The Labute approximate surface area is 327 Å². The third-order valence-electron chi connectivity index (χ3n) is 13.1. The molecule has 4 aliphatic rings. The predicted octanol–water partition coefficient (Wildman–Crippen LogP) is 9.88. The molecular formula is C45H63ClFNO6. The third kappa shape index (κ3) is 9.77. The van der Waals surface area contributed by atoms with E-state index in [0.29, 0.717) is 75.5 Å². The molecule has 2 bridgehead atoms. The lowest BCUT2D eigenvalue weighted by molar-refractivity contribution is -0.0868. The van der Waals surface area contributed by atoms with Crippen molar-refractivity contribution in [3.05, 3.63) is 81.1 Å². The summed E-state index contributed by atoms with van der Waals surface area (Å²) in [5, 5.41) is 24.2. The molecule has 0 aliphatic heterocycles. The van der Waals surface area contributed by atoms with E-state index in [1.54, 1.807) is 18.1 Å². The highest BCUT2D eigenvalue weighted by molar-refractivity contribution is 6.31. The van der Waals surface area contributed by atoms with Gasteiger partial charge in [0.15, 0.2) is 5.78 Å². The van der Waals surface area contributed by atoms with Crippen LogP contribution in [0.2, 0.25) is 5.02 Å². The van der Waals surface area contributed by atoms with Crippen LogP contribution in [0.4, 0.5) is 9.18 Å². The lowest BCUT2D eigenvalue weighted by atomic mass is 9.64. The summed E-state index contributed by atoms with van der Waals surface area (Å²) in [4.78, 5) is 30.2. The Balaban J connectivity index is 1.53. The first kappa shape index (κ1) is 42.4. The van der Waals surface area contributed by atoms with Crippen molar-refractivity contribution in [3.63, 3.8) is 0 Å². The Bertz CT molecular complexity index is 1630. The normalized spacial score (nSPS) is 29.0. The molecule has 2 N–H and O–H groups in total. The number of Topliss-reactive ketones (excluding diaryl/α,β-unsaturated/α-hetero) is 1. The van der Waals surface area contributed by atoms with E-state index in [1.807, 2.05) is 18.2 Å². The number of aliphatic hydroxyl groups is 2. The van der Waals surface area contributed by atoms with Crippen LogP contribution < -0.4 is 0 Å².